The molecule has 134 valence electrons. The van der Waals surface area contributed by atoms with Crippen molar-refractivity contribution in [3.8, 4) is 5.75 Å². The monoisotopic (exact) mass is 370 g/mol. The summed E-state index contributed by atoms with van der Waals surface area (Å²) in [7, 11) is 0. The Hall–Kier alpha value is -2.79. The fraction of sp³-hybridized carbons (Fsp3) is 0.200. The van der Waals surface area contributed by atoms with Crippen LogP contribution in [0, 0.1) is 0 Å². The summed E-state index contributed by atoms with van der Waals surface area (Å²) >= 11 is 6.06. The summed E-state index contributed by atoms with van der Waals surface area (Å²) in [6, 6.07) is 9.94. The molecule has 1 unspecified atom stereocenters. The normalized spacial score (nSPS) is 15.9. The van der Waals surface area contributed by atoms with Gasteiger partial charge in [0, 0.05) is 17.3 Å². The number of nitrogens with one attached hydrogen (secondary N) is 1. The van der Waals surface area contributed by atoms with E-state index in [2.05, 4.69) is 11.9 Å². The van der Waals surface area contributed by atoms with Gasteiger partial charge in [-0.1, -0.05) is 24.2 Å². The molecule has 0 spiro atoms. The van der Waals surface area contributed by atoms with Crippen LogP contribution in [-0.4, -0.2) is 28.4 Å². The second kappa shape index (κ2) is 7.22. The first-order valence-corrected chi connectivity index (χ1v) is 8.64. The number of amides is 2. The molecule has 2 N–H and O–H groups in total. The molecule has 0 aliphatic carbocycles. The Kier molecular flexibility index (Phi) is 5.00. The molecular formula is C20H19ClN2O3. The number of phenols is 1. The fourth-order valence-corrected chi connectivity index (χ4v) is 3.41. The van der Waals surface area contributed by atoms with Gasteiger partial charge in [0.1, 0.15) is 5.75 Å². The summed E-state index contributed by atoms with van der Waals surface area (Å²) in [5, 5.41) is 13.4. The summed E-state index contributed by atoms with van der Waals surface area (Å²) in [5.41, 5.74) is 2.75. The van der Waals surface area contributed by atoms with Crippen LogP contribution in [-0.2, 0) is 11.2 Å². The lowest BCUT2D eigenvalue weighted by atomic mass is 9.93. The Morgan fingerprint density at radius 3 is 2.81 bits per heavy atom. The third-order valence-electron chi connectivity index (χ3n) is 4.59. The molecule has 6 heteroatoms. The topological polar surface area (TPSA) is 69.6 Å². The Labute approximate surface area is 156 Å². The molecule has 0 saturated heterocycles. The van der Waals surface area contributed by atoms with Crippen LogP contribution in [0.5, 0.6) is 5.75 Å². The van der Waals surface area contributed by atoms with E-state index in [0.29, 0.717) is 23.7 Å². The first-order valence-electron chi connectivity index (χ1n) is 8.26. The molecule has 0 bridgehead atoms. The van der Waals surface area contributed by atoms with Crippen LogP contribution in [0.15, 0.2) is 49.1 Å². The minimum absolute atomic E-state index is 0.124. The average molecular weight is 371 g/mol. The van der Waals surface area contributed by atoms with Gasteiger partial charge in [-0.25, -0.2) is 0 Å². The van der Waals surface area contributed by atoms with Crippen LogP contribution in [0.4, 0.5) is 5.69 Å². The van der Waals surface area contributed by atoms with Gasteiger partial charge in [0.05, 0.1) is 11.6 Å². The summed E-state index contributed by atoms with van der Waals surface area (Å²) < 4.78 is 0. The maximum absolute atomic E-state index is 13.0. The number of rotatable bonds is 3. The Balaban J connectivity index is 1.90. The highest BCUT2D eigenvalue weighted by Crippen LogP contribution is 2.33. The second-order valence-electron chi connectivity index (χ2n) is 6.19. The number of phenolic OH excluding ortho intramolecular Hbond substituents is 1. The van der Waals surface area contributed by atoms with Crippen LogP contribution in [0.2, 0.25) is 5.02 Å². The molecule has 0 radical (unpaired) electrons. The molecule has 1 heterocycles. The van der Waals surface area contributed by atoms with E-state index in [-0.39, 0.29) is 29.2 Å². The van der Waals surface area contributed by atoms with E-state index in [9.17, 15) is 14.7 Å². The number of carbonyl (C=O) groups excluding carboxylic acids is 2. The molecule has 2 aromatic rings. The van der Waals surface area contributed by atoms with E-state index < -0.39 is 0 Å². The number of hydrogen-bond donors (Lipinski definition) is 2. The van der Waals surface area contributed by atoms with E-state index in [1.807, 2.05) is 25.1 Å². The lowest BCUT2D eigenvalue weighted by molar-refractivity contribution is -0.111. The van der Waals surface area contributed by atoms with Crippen molar-refractivity contribution in [3.63, 3.8) is 0 Å². The number of aromatic hydroxyl groups is 1. The standard InChI is InChI=1S/C20H19ClN2O3/c1-3-19(25)22-15-5-7-18(24)17(11-15)20(26)23-9-8-13-10-14(21)4-6-16(13)12(23)2/h3-7,10-12,24H,1,8-9H2,2H3,(H,22,25). The summed E-state index contributed by atoms with van der Waals surface area (Å²) in [5.74, 6) is -0.794. The van der Waals surface area contributed by atoms with Gasteiger partial charge in [-0.3, -0.25) is 9.59 Å². The van der Waals surface area contributed by atoms with Crippen LogP contribution in [0.3, 0.4) is 0 Å². The minimum atomic E-state index is -0.383. The fourth-order valence-electron chi connectivity index (χ4n) is 3.21. The van der Waals surface area contributed by atoms with Gasteiger partial charge in [0.2, 0.25) is 5.91 Å². The SMILES string of the molecule is C=CC(=O)Nc1ccc(O)c(C(=O)N2CCc3cc(Cl)ccc3C2C)c1. The third kappa shape index (κ3) is 3.44. The van der Waals surface area contributed by atoms with Crippen molar-refractivity contribution in [2.75, 3.05) is 11.9 Å². The largest absolute Gasteiger partial charge is 0.507 e. The third-order valence-corrected chi connectivity index (χ3v) is 4.82. The second-order valence-corrected chi connectivity index (χ2v) is 6.63. The molecule has 2 amide bonds. The smallest absolute Gasteiger partial charge is 0.258 e. The van der Waals surface area contributed by atoms with E-state index in [1.54, 1.807) is 4.90 Å². The van der Waals surface area contributed by atoms with Gasteiger partial charge in [-0.2, -0.15) is 0 Å². The van der Waals surface area contributed by atoms with Crippen LogP contribution >= 0.6 is 11.6 Å². The van der Waals surface area contributed by atoms with E-state index in [4.69, 9.17) is 11.6 Å². The molecule has 2 aromatic carbocycles. The Morgan fingerprint density at radius 2 is 2.08 bits per heavy atom. The van der Waals surface area contributed by atoms with E-state index in [1.165, 1.54) is 18.2 Å². The zero-order chi connectivity index (χ0) is 18.8. The van der Waals surface area contributed by atoms with Gasteiger partial charge in [-0.15, -0.1) is 0 Å². The average Bonchev–Trinajstić information content (AvgIpc) is 2.62. The molecule has 1 aliphatic rings. The lowest BCUT2D eigenvalue weighted by Gasteiger charge is -2.35. The number of hydrogen-bond acceptors (Lipinski definition) is 3. The number of carbonyl (C=O) groups is 2. The first kappa shape index (κ1) is 18.0. The Morgan fingerprint density at radius 1 is 1.31 bits per heavy atom. The maximum atomic E-state index is 13.0. The van der Waals surface area contributed by atoms with Crippen molar-refractivity contribution in [3.05, 3.63) is 70.8 Å². The predicted octanol–water partition coefficient (Wildman–Crippen LogP) is 3.93. The van der Waals surface area contributed by atoms with Crippen molar-refractivity contribution in [1.29, 1.82) is 0 Å². The van der Waals surface area contributed by atoms with Crippen LogP contribution in [0.1, 0.15) is 34.5 Å². The predicted molar refractivity (Wildman–Crippen MR) is 102 cm³/mol. The van der Waals surface area contributed by atoms with Gasteiger partial charge in [0.15, 0.2) is 0 Å². The Bertz CT molecular complexity index is 895. The van der Waals surface area contributed by atoms with Crippen molar-refractivity contribution in [2.45, 2.75) is 19.4 Å². The zero-order valence-electron chi connectivity index (χ0n) is 14.3. The van der Waals surface area contributed by atoms with E-state index >= 15 is 0 Å². The summed E-state index contributed by atoms with van der Waals surface area (Å²) in [6.07, 6.45) is 1.84. The first-order chi connectivity index (χ1) is 12.4. The van der Waals surface area contributed by atoms with E-state index in [0.717, 1.165) is 17.2 Å². The van der Waals surface area contributed by atoms with Gasteiger partial charge < -0.3 is 15.3 Å². The number of halogens is 1. The quantitative estimate of drug-likeness (QED) is 0.635. The number of anilines is 1. The van der Waals surface area contributed by atoms with Gasteiger partial charge in [-0.05, 0) is 60.9 Å². The van der Waals surface area contributed by atoms with Crippen LogP contribution in [0.25, 0.3) is 0 Å². The number of fused-ring (bicyclic) bond motifs is 1. The molecule has 0 fully saturated rings. The van der Waals surface area contributed by atoms with Crippen molar-refractivity contribution in [2.24, 2.45) is 0 Å². The zero-order valence-corrected chi connectivity index (χ0v) is 15.1. The molecule has 5 nitrogen and oxygen atoms in total. The number of benzene rings is 2. The van der Waals surface area contributed by atoms with Gasteiger partial charge >= 0.3 is 0 Å². The minimum Gasteiger partial charge on any atom is -0.507 e. The summed E-state index contributed by atoms with van der Waals surface area (Å²) in [4.78, 5) is 26.2. The maximum Gasteiger partial charge on any atom is 0.258 e. The molecular weight excluding hydrogens is 352 g/mol. The van der Waals surface area contributed by atoms with Gasteiger partial charge in [0.25, 0.3) is 5.91 Å². The highest BCUT2D eigenvalue weighted by atomic mass is 35.5. The molecule has 0 aromatic heterocycles. The highest BCUT2D eigenvalue weighted by Gasteiger charge is 2.29. The molecule has 1 atom stereocenters. The van der Waals surface area contributed by atoms with Crippen molar-refractivity contribution < 1.29 is 14.7 Å². The molecule has 0 saturated carbocycles. The van der Waals surface area contributed by atoms with Crippen LogP contribution < -0.4 is 5.32 Å². The highest BCUT2D eigenvalue weighted by molar-refractivity contribution is 6.30. The lowest BCUT2D eigenvalue weighted by Crippen LogP contribution is -2.38. The summed E-state index contributed by atoms with van der Waals surface area (Å²) in [6.45, 7) is 5.87. The van der Waals surface area contributed by atoms with Crippen molar-refractivity contribution in [1.82, 2.24) is 4.90 Å². The molecule has 3 rings (SSSR count). The molecule has 1 aliphatic heterocycles. The number of nitrogens with zero attached hydrogens (tertiary/aromatic N) is 1. The molecule has 26 heavy (non-hydrogen) atoms. The van der Waals surface area contributed by atoms with Crippen molar-refractivity contribution >= 4 is 29.1 Å².